The van der Waals surface area contributed by atoms with Crippen LogP contribution in [0.3, 0.4) is 0 Å². The average molecular weight is 369 g/mol. The standard InChI is InChI=1S/C22H44O2Si/c1-15(2)19-11-9-17(5)13-21(19)25(23-7,24-8)22-14-18(6)10-12-20(22)16(3)4/h15-22H,9-14H2,1-8H3. The van der Waals surface area contributed by atoms with Crippen LogP contribution in [0, 0.1) is 35.5 Å². The zero-order chi connectivity index (χ0) is 18.8. The SMILES string of the molecule is CO[Si](OC)(C1CC(C)CCC1C(C)C)C1CC(C)CCC1C(C)C. The number of hydrogen-bond acceptors (Lipinski definition) is 2. The van der Waals surface area contributed by atoms with Crippen molar-refractivity contribution in [3.8, 4) is 0 Å². The van der Waals surface area contributed by atoms with Crippen molar-refractivity contribution in [1.29, 1.82) is 0 Å². The molecular weight excluding hydrogens is 324 g/mol. The third kappa shape index (κ3) is 4.35. The van der Waals surface area contributed by atoms with Crippen molar-refractivity contribution < 1.29 is 8.85 Å². The van der Waals surface area contributed by atoms with E-state index in [4.69, 9.17) is 8.85 Å². The molecule has 0 bridgehead atoms. The summed E-state index contributed by atoms with van der Waals surface area (Å²) >= 11 is 0. The molecule has 0 aromatic heterocycles. The van der Waals surface area contributed by atoms with Crippen molar-refractivity contribution in [2.24, 2.45) is 35.5 Å². The highest BCUT2D eigenvalue weighted by Crippen LogP contribution is 2.57. The molecule has 0 aromatic carbocycles. The van der Waals surface area contributed by atoms with Crippen molar-refractivity contribution >= 4 is 8.56 Å². The van der Waals surface area contributed by atoms with Crippen LogP contribution >= 0.6 is 0 Å². The van der Waals surface area contributed by atoms with Gasteiger partial charge in [-0.05, 0) is 61.2 Å². The Hall–Kier alpha value is 0.137. The second-order valence-corrected chi connectivity index (χ2v) is 13.7. The minimum absolute atomic E-state index is 0.655. The van der Waals surface area contributed by atoms with E-state index in [1.54, 1.807) is 0 Å². The predicted octanol–water partition coefficient (Wildman–Crippen LogP) is 6.65. The van der Waals surface area contributed by atoms with Gasteiger partial charge in [0.1, 0.15) is 0 Å². The van der Waals surface area contributed by atoms with Gasteiger partial charge in [-0.25, -0.2) is 0 Å². The van der Waals surface area contributed by atoms with E-state index in [0.29, 0.717) is 11.1 Å². The lowest BCUT2D eigenvalue weighted by atomic mass is 9.76. The van der Waals surface area contributed by atoms with Crippen LogP contribution < -0.4 is 0 Å². The summed E-state index contributed by atoms with van der Waals surface area (Å²) in [6, 6.07) is 0. The maximum absolute atomic E-state index is 6.54. The summed E-state index contributed by atoms with van der Waals surface area (Å²) in [5.41, 5.74) is 1.31. The summed E-state index contributed by atoms with van der Waals surface area (Å²) in [7, 11) is 1.67. The van der Waals surface area contributed by atoms with E-state index in [1.165, 1.54) is 38.5 Å². The summed E-state index contributed by atoms with van der Waals surface area (Å²) in [6.07, 6.45) is 8.11. The zero-order valence-electron chi connectivity index (χ0n) is 18.2. The van der Waals surface area contributed by atoms with E-state index in [-0.39, 0.29) is 0 Å². The van der Waals surface area contributed by atoms with Crippen molar-refractivity contribution in [2.45, 2.75) is 91.1 Å². The van der Waals surface area contributed by atoms with E-state index in [9.17, 15) is 0 Å². The molecule has 0 aromatic rings. The van der Waals surface area contributed by atoms with Crippen LogP contribution in [0.1, 0.15) is 80.1 Å². The molecule has 2 rings (SSSR count). The fourth-order valence-corrected chi connectivity index (χ4v) is 12.0. The molecular formula is C22H44O2Si. The van der Waals surface area contributed by atoms with Crippen LogP contribution in [0.5, 0.6) is 0 Å². The maximum Gasteiger partial charge on any atom is 0.344 e. The highest BCUT2D eigenvalue weighted by atomic mass is 28.4. The smallest absolute Gasteiger partial charge is 0.344 e. The second-order valence-electron chi connectivity index (χ2n) is 9.99. The molecule has 2 aliphatic rings. The molecule has 2 saturated carbocycles. The fraction of sp³-hybridized carbons (Fsp3) is 1.00. The molecule has 2 nitrogen and oxygen atoms in total. The van der Waals surface area contributed by atoms with E-state index < -0.39 is 8.56 Å². The molecule has 0 amide bonds. The van der Waals surface area contributed by atoms with Crippen molar-refractivity contribution in [3.63, 3.8) is 0 Å². The van der Waals surface area contributed by atoms with Crippen LogP contribution in [0.15, 0.2) is 0 Å². The Kier molecular flexibility index (Phi) is 7.62. The highest BCUT2D eigenvalue weighted by Gasteiger charge is 2.58. The van der Waals surface area contributed by atoms with Crippen molar-refractivity contribution in [2.75, 3.05) is 14.2 Å². The largest absolute Gasteiger partial charge is 0.397 e. The molecule has 3 heteroatoms. The van der Waals surface area contributed by atoms with E-state index >= 15 is 0 Å². The third-order valence-electron chi connectivity index (χ3n) is 7.72. The molecule has 25 heavy (non-hydrogen) atoms. The first kappa shape index (κ1) is 21.4. The van der Waals surface area contributed by atoms with Crippen LogP contribution in [0.2, 0.25) is 11.1 Å². The Morgan fingerprint density at radius 1 is 0.680 bits per heavy atom. The molecule has 0 spiro atoms. The Morgan fingerprint density at radius 2 is 1.04 bits per heavy atom. The van der Waals surface area contributed by atoms with Gasteiger partial charge < -0.3 is 8.85 Å². The van der Waals surface area contributed by atoms with E-state index in [1.807, 2.05) is 14.2 Å². The minimum atomic E-state index is -2.28. The lowest BCUT2D eigenvalue weighted by molar-refractivity contribution is 0.116. The van der Waals surface area contributed by atoms with Crippen LogP contribution in [0.4, 0.5) is 0 Å². The monoisotopic (exact) mass is 368 g/mol. The van der Waals surface area contributed by atoms with E-state index in [2.05, 4.69) is 41.5 Å². The van der Waals surface area contributed by atoms with Gasteiger partial charge in [0.2, 0.25) is 0 Å². The molecule has 0 N–H and O–H groups in total. The Labute approximate surface area is 158 Å². The Morgan fingerprint density at radius 3 is 1.32 bits per heavy atom. The minimum Gasteiger partial charge on any atom is -0.397 e. The molecule has 148 valence electrons. The van der Waals surface area contributed by atoms with Crippen LogP contribution in [-0.2, 0) is 8.85 Å². The van der Waals surface area contributed by atoms with Gasteiger partial charge in [-0.3, -0.25) is 0 Å². The molecule has 6 atom stereocenters. The van der Waals surface area contributed by atoms with Gasteiger partial charge in [-0.2, -0.15) is 0 Å². The highest BCUT2D eigenvalue weighted by molar-refractivity contribution is 6.70. The molecule has 0 aliphatic heterocycles. The summed E-state index contributed by atoms with van der Waals surface area (Å²) in [6.45, 7) is 14.6. The summed E-state index contributed by atoms with van der Waals surface area (Å²) in [5.74, 6) is 4.63. The lowest BCUT2D eigenvalue weighted by Gasteiger charge is -2.52. The Balaban J connectivity index is 2.43. The molecule has 2 fully saturated rings. The van der Waals surface area contributed by atoms with Gasteiger partial charge in [0.15, 0.2) is 0 Å². The fourth-order valence-electron chi connectivity index (χ4n) is 6.29. The first-order chi connectivity index (χ1) is 11.8. The summed E-state index contributed by atoms with van der Waals surface area (Å²) in [5, 5.41) is 0. The van der Waals surface area contributed by atoms with Gasteiger partial charge >= 0.3 is 8.56 Å². The third-order valence-corrected chi connectivity index (χ3v) is 12.4. The Bertz CT molecular complexity index is 371. The lowest BCUT2D eigenvalue weighted by Crippen LogP contribution is -2.57. The molecule has 0 saturated heterocycles. The number of hydrogen-bond donors (Lipinski definition) is 0. The van der Waals surface area contributed by atoms with Gasteiger partial charge in [0, 0.05) is 25.3 Å². The van der Waals surface area contributed by atoms with Gasteiger partial charge in [0.05, 0.1) is 0 Å². The zero-order valence-corrected chi connectivity index (χ0v) is 19.2. The van der Waals surface area contributed by atoms with Crippen molar-refractivity contribution in [3.05, 3.63) is 0 Å². The maximum atomic E-state index is 6.54. The van der Waals surface area contributed by atoms with Crippen LogP contribution in [0.25, 0.3) is 0 Å². The first-order valence-corrected chi connectivity index (χ1v) is 12.8. The molecule has 0 radical (unpaired) electrons. The van der Waals surface area contributed by atoms with Gasteiger partial charge in [-0.15, -0.1) is 0 Å². The molecule has 6 unspecified atom stereocenters. The second kappa shape index (κ2) is 8.88. The van der Waals surface area contributed by atoms with Gasteiger partial charge in [0.25, 0.3) is 0 Å². The van der Waals surface area contributed by atoms with Gasteiger partial charge in [-0.1, -0.05) is 54.4 Å². The summed E-state index contributed by atoms with van der Waals surface area (Å²) < 4.78 is 13.1. The quantitative estimate of drug-likeness (QED) is 0.489. The average Bonchev–Trinajstić information content (AvgIpc) is 2.56. The van der Waals surface area contributed by atoms with Crippen molar-refractivity contribution in [1.82, 2.24) is 0 Å². The molecule has 2 aliphatic carbocycles. The predicted molar refractivity (Wildman–Crippen MR) is 110 cm³/mol. The topological polar surface area (TPSA) is 18.5 Å². The number of rotatable bonds is 6. The van der Waals surface area contributed by atoms with E-state index in [0.717, 1.165) is 35.5 Å². The normalized spacial score (nSPS) is 37.7. The summed E-state index contributed by atoms with van der Waals surface area (Å²) in [4.78, 5) is 0. The first-order valence-electron chi connectivity index (χ1n) is 10.9. The van der Waals surface area contributed by atoms with Crippen LogP contribution in [-0.4, -0.2) is 22.8 Å². The molecule has 0 heterocycles.